The summed E-state index contributed by atoms with van der Waals surface area (Å²) in [5, 5.41) is 10.2. The second kappa shape index (κ2) is 12.4. The van der Waals surface area contributed by atoms with Gasteiger partial charge in [-0.3, -0.25) is 9.59 Å². The van der Waals surface area contributed by atoms with Crippen LogP contribution in [0.2, 0.25) is 5.02 Å². The fourth-order valence-corrected chi connectivity index (χ4v) is 5.19. The lowest BCUT2D eigenvalue weighted by atomic mass is 10.1. The monoisotopic (exact) mass is 612 g/mol. The summed E-state index contributed by atoms with van der Waals surface area (Å²) in [6.45, 7) is 5.23. The molecule has 2 N–H and O–H groups in total. The van der Waals surface area contributed by atoms with Gasteiger partial charge in [-0.15, -0.1) is 17.5 Å². The van der Waals surface area contributed by atoms with Crippen molar-refractivity contribution in [1.29, 1.82) is 0 Å². The Balaban J connectivity index is 0.00000387. The van der Waals surface area contributed by atoms with Crippen LogP contribution in [0.15, 0.2) is 34.6 Å². The van der Waals surface area contributed by atoms with Crippen LogP contribution >= 0.6 is 24.0 Å². The van der Waals surface area contributed by atoms with Gasteiger partial charge in [-0.05, 0) is 56.0 Å². The van der Waals surface area contributed by atoms with Crippen molar-refractivity contribution in [3.8, 4) is 0 Å². The number of nitrogens with one attached hydrogen (secondary N) is 2. The van der Waals surface area contributed by atoms with Crippen LogP contribution in [-0.4, -0.2) is 50.9 Å². The highest BCUT2D eigenvalue weighted by Gasteiger charge is 2.31. The summed E-state index contributed by atoms with van der Waals surface area (Å²) in [4.78, 5) is 31.5. The van der Waals surface area contributed by atoms with Gasteiger partial charge < -0.3 is 19.9 Å². The zero-order valence-corrected chi connectivity index (χ0v) is 23.9. The molecule has 9 nitrogen and oxygen atoms in total. The predicted octanol–water partition coefficient (Wildman–Crippen LogP) is 4.76. The number of rotatable bonds is 6. The summed E-state index contributed by atoms with van der Waals surface area (Å²) >= 11 is 6.06. The van der Waals surface area contributed by atoms with E-state index in [-0.39, 0.29) is 47.0 Å². The standard InChI is InChI=1S/C27H28ClF3N6O3.ClH/c1-3-22-19(11-16-10-15(2)32-13-16)25(39)37-26(34-24(35-37)17-6-8-40-9-7-17)36(22)14-23(38)33-21-5-4-18(12-20(21)28)27(29,30)31;/h4-6,11-12,15,32H,3,7-10,13-14H2,1-2H3,(H,33,38);1H/b16-11+;/t15-;/m1./s1. The molecule has 0 bridgehead atoms. The summed E-state index contributed by atoms with van der Waals surface area (Å²) in [6, 6.07) is 3.01. The zero-order valence-electron chi connectivity index (χ0n) is 22.3. The van der Waals surface area contributed by atoms with Crippen LogP contribution in [0.3, 0.4) is 0 Å². The Bertz CT molecular complexity index is 1600. The lowest BCUT2D eigenvalue weighted by Gasteiger charge is -2.17. The Morgan fingerprint density at radius 2 is 2.12 bits per heavy atom. The first-order valence-corrected chi connectivity index (χ1v) is 13.3. The van der Waals surface area contributed by atoms with Crippen molar-refractivity contribution in [2.45, 2.75) is 51.9 Å². The Morgan fingerprint density at radius 3 is 2.73 bits per heavy atom. The number of amides is 1. The predicted molar refractivity (Wildman–Crippen MR) is 152 cm³/mol. The molecule has 0 saturated carbocycles. The number of anilines is 1. The van der Waals surface area contributed by atoms with Gasteiger partial charge in [0.15, 0.2) is 5.82 Å². The molecule has 41 heavy (non-hydrogen) atoms. The number of hydrogen-bond donors (Lipinski definition) is 2. The SMILES string of the molecule is CCc1c(/C=C2/CN[C@H](C)C2)c(=O)n2nc(C3=CCOCC3)nc2n1CC(=O)Nc1ccc(C(F)(F)F)cc1Cl.Cl. The number of benzene rings is 1. The summed E-state index contributed by atoms with van der Waals surface area (Å²) < 4.78 is 47.4. The Labute approximate surface area is 244 Å². The van der Waals surface area contributed by atoms with E-state index in [0.29, 0.717) is 49.7 Å². The number of ether oxygens (including phenoxy) is 1. The molecule has 1 amide bonds. The van der Waals surface area contributed by atoms with Crippen LogP contribution in [0.5, 0.6) is 0 Å². The minimum atomic E-state index is -4.56. The van der Waals surface area contributed by atoms with Gasteiger partial charge in [0.25, 0.3) is 5.56 Å². The maximum absolute atomic E-state index is 13.7. The van der Waals surface area contributed by atoms with E-state index in [9.17, 15) is 22.8 Å². The van der Waals surface area contributed by atoms with Crippen molar-refractivity contribution >= 4 is 53.0 Å². The van der Waals surface area contributed by atoms with E-state index in [1.165, 1.54) is 4.52 Å². The van der Waals surface area contributed by atoms with Crippen LogP contribution < -0.4 is 16.2 Å². The summed E-state index contributed by atoms with van der Waals surface area (Å²) in [6.07, 6.45) is 0.935. The third kappa shape index (κ3) is 6.50. The number of carbonyl (C=O) groups excluding carboxylic acids is 1. The number of hydrogen-bond acceptors (Lipinski definition) is 6. The lowest BCUT2D eigenvalue weighted by molar-refractivity contribution is -0.137. The number of carbonyl (C=O) groups is 1. The van der Waals surface area contributed by atoms with Crippen LogP contribution in [0, 0.1) is 0 Å². The topological polar surface area (TPSA) is 103 Å². The number of alkyl halides is 3. The Kier molecular flexibility index (Phi) is 9.27. The van der Waals surface area contributed by atoms with Gasteiger partial charge in [-0.25, -0.2) is 0 Å². The molecule has 1 atom stereocenters. The van der Waals surface area contributed by atoms with E-state index in [1.807, 2.05) is 19.1 Å². The minimum absolute atomic E-state index is 0. The van der Waals surface area contributed by atoms with Crippen molar-refractivity contribution in [2.75, 3.05) is 25.1 Å². The molecule has 5 rings (SSSR count). The number of aromatic nitrogens is 4. The van der Waals surface area contributed by atoms with Gasteiger partial charge >= 0.3 is 6.18 Å². The van der Waals surface area contributed by atoms with E-state index in [4.69, 9.17) is 16.3 Å². The number of fused-ring (bicyclic) bond motifs is 1. The quantitative estimate of drug-likeness (QED) is 0.416. The molecule has 1 aromatic carbocycles. The minimum Gasteiger partial charge on any atom is -0.377 e. The molecule has 1 fully saturated rings. The molecule has 1 saturated heterocycles. The van der Waals surface area contributed by atoms with Crippen molar-refractivity contribution in [2.24, 2.45) is 0 Å². The van der Waals surface area contributed by atoms with Crippen LogP contribution in [-0.2, 0) is 28.7 Å². The molecule has 14 heteroatoms. The van der Waals surface area contributed by atoms with Gasteiger partial charge in [-0.1, -0.05) is 30.2 Å². The molecule has 0 spiro atoms. The fraction of sp³-hybridized carbons (Fsp3) is 0.407. The first kappa shape index (κ1) is 30.8. The molecule has 2 aliphatic rings. The third-order valence-corrected chi connectivity index (χ3v) is 7.26. The van der Waals surface area contributed by atoms with Crippen LogP contribution in [0.4, 0.5) is 18.9 Å². The lowest BCUT2D eigenvalue weighted by Crippen LogP contribution is -2.29. The van der Waals surface area contributed by atoms with Gasteiger partial charge in [0.1, 0.15) is 6.54 Å². The first-order chi connectivity index (χ1) is 19.0. The second-order valence-electron chi connectivity index (χ2n) is 9.84. The van der Waals surface area contributed by atoms with Gasteiger partial charge in [0.05, 0.1) is 35.1 Å². The fourth-order valence-electron chi connectivity index (χ4n) is 4.96. The number of halogens is 5. The van der Waals surface area contributed by atoms with Gasteiger partial charge in [0.2, 0.25) is 11.7 Å². The van der Waals surface area contributed by atoms with Crippen molar-refractivity contribution in [3.63, 3.8) is 0 Å². The highest BCUT2D eigenvalue weighted by molar-refractivity contribution is 6.33. The average Bonchev–Trinajstić information content (AvgIpc) is 3.54. The Morgan fingerprint density at radius 1 is 1.34 bits per heavy atom. The third-order valence-electron chi connectivity index (χ3n) is 6.94. The van der Waals surface area contributed by atoms with Crippen molar-refractivity contribution in [1.82, 2.24) is 24.5 Å². The van der Waals surface area contributed by atoms with Gasteiger partial charge in [-0.2, -0.15) is 22.7 Å². The summed E-state index contributed by atoms with van der Waals surface area (Å²) in [5.74, 6) is 0.0211. The smallest absolute Gasteiger partial charge is 0.377 e. The molecule has 2 aromatic heterocycles. The molecule has 2 aliphatic heterocycles. The summed E-state index contributed by atoms with van der Waals surface area (Å²) in [5.41, 5.74) is 1.69. The number of nitrogens with zero attached hydrogens (tertiary/aromatic N) is 4. The van der Waals surface area contributed by atoms with E-state index < -0.39 is 17.6 Å². The molecule has 4 heterocycles. The largest absolute Gasteiger partial charge is 0.416 e. The zero-order chi connectivity index (χ0) is 28.6. The highest BCUT2D eigenvalue weighted by atomic mass is 35.5. The van der Waals surface area contributed by atoms with Crippen LogP contribution in [0.25, 0.3) is 17.4 Å². The summed E-state index contributed by atoms with van der Waals surface area (Å²) in [7, 11) is 0. The molecule has 0 radical (unpaired) electrons. The van der Waals surface area contributed by atoms with Crippen molar-refractivity contribution in [3.05, 3.63) is 67.9 Å². The van der Waals surface area contributed by atoms with E-state index in [1.54, 1.807) is 4.57 Å². The maximum Gasteiger partial charge on any atom is 0.416 e. The van der Waals surface area contributed by atoms with E-state index in [0.717, 1.165) is 35.8 Å². The normalized spacial score (nSPS) is 18.4. The molecule has 0 aliphatic carbocycles. The van der Waals surface area contributed by atoms with Crippen molar-refractivity contribution < 1.29 is 22.7 Å². The van der Waals surface area contributed by atoms with E-state index in [2.05, 4.69) is 27.6 Å². The molecular formula is C27H29Cl2F3N6O3. The average molecular weight is 613 g/mol. The second-order valence-corrected chi connectivity index (χ2v) is 10.2. The van der Waals surface area contributed by atoms with Gasteiger partial charge in [0, 0.05) is 18.3 Å². The first-order valence-electron chi connectivity index (χ1n) is 12.9. The molecular weight excluding hydrogens is 584 g/mol. The molecule has 3 aromatic rings. The van der Waals surface area contributed by atoms with E-state index >= 15 is 0 Å². The molecule has 0 unspecified atom stereocenters. The highest BCUT2D eigenvalue weighted by Crippen LogP contribution is 2.34. The Hall–Kier alpha value is -3.19. The molecule has 220 valence electrons. The van der Waals surface area contributed by atoms with Crippen LogP contribution in [0.1, 0.15) is 49.3 Å². The maximum atomic E-state index is 13.7.